The Morgan fingerprint density at radius 1 is 1.25 bits per heavy atom. The van der Waals surface area contributed by atoms with Gasteiger partial charge in [0.15, 0.2) is 0 Å². The van der Waals surface area contributed by atoms with E-state index in [4.69, 9.17) is 4.74 Å². The minimum atomic E-state index is -0.282. The lowest BCUT2D eigenvalue weighted by Gasteiger charge is -2.31. The minimum Gasteiger partial charge on any atom is -0.450 e. The number of aryl methyl sites for hydroxylation is 2. The number of aromatic nitrogens is 4. The van der Waals surface area contributed by atoms with E-state index in [0.717, 1.165) is 29.8 Å². The molecular weight excluding hydrogens is 380 g/mol. The zero-order chi connectivity index (χ0) is 20.3. The van der Waals surface area contributed by atoms with Crippen molar-refractivity contribution in [2.45, 2.75) is 51.2 Å². The highest BCUT2D eigenvalue weighted by molar-refractivity contribution is 7.98. The number of carbonyl (C=O) groups is 2. The van der Waals surface area contributed by atoms with E-state index in [1.165, 1.54) is 11.8 Å². The molecule has 0 radical (unpaired) electrons. The van der Waals surface area contributed by atoms with Gasteiger partial charge in [-0.25, -0.2) is 14.3 Å². The molecule has 0 atom stereocenters. The molecule has 0 saturated carbocycles. The summed E-state index contributed by atoms with van der Waals surface area (Å²) in [6, 6.07) is 0.0601. The third-order valence-electron chi connectivity index (χ3n) is 4.94. The second-order valence-electron chi connectivity index (χ2n) is 6.78. The number of likely N-dealkylation sites (tertiary alicyclic amines) is 1. The molecule has 1 fully saturated rings. The average molecular weight is 407 g/mol. The van der Waals surface area contributed by atoms with Gasteiger partial charge in [-0.1, -0.05) is 11.8 Å². The average Bonchev–Trinajstić information content (AvgIpc) is 3.09. The molecule has 1 saturated heterocycles. The fourth-order valence-corrected chi connectivity index (χ4v) is 3.73. The molecule has 1 N–H and O–H groups in total. The van der Waals surface area contributed by atoms with Gasteiger partial charge in [-0.3, -0.25) is 4.79 Å². The summed E-state index contributed by atoms with van der Waals surface area (Å²) in [5.41, 5.74) is 2.53. The molecule has 9 nitrogen and oxygen atoms in total. The Hall–Kier alpha value is -2.36. The molecule has 3 heterocycles. The van der Waals surface area contributed by atoms with Gasteiger partial charge in [0.2, 0.25) is 11.1 Å². The number of rotatable bonds is 5. The number of hydrogen-bond donors (Lipinski definition) is 1. The van der Waals surface area contributed by atoms with Crippen LogP contribution in [0.2, 0.25) is 0 Å². The van der Waals surface area contributed by atoms with Crippen LogP contribution in [0.25, 0.3) is 5.78 Å². The van der Waals surface area contributed by atoms with E-state index < -0.39 is 0 Å². The third-order valence-corrected chi connectivity index (χ3v) is 5.47. The van der Waals surface area contributed by atoms with Crippen LogP contribution in [-0.4, -0.2) is 68.5 Å². The fraction of sp³-hybridized carbons (Fsp3) is 0.611. The van der Waals surface area contributed by atoms with Gasteiger partial charge in [-0.05, 0) is 39.9 Å². The third kappa shape index (κ3) is 4.37. The maximum atomic E-state index is 12.6. The molecule has 152 valence electrons. The Morgan fingerprint density at radius 3 is 2.61 bits per heavy atom. The van der Waals surface area contributed by atoms with Crippen molar-refractivity contribution < 1.29 is 14.3 Å². The predicted octanol–water partition coefficient (Wildman–Crippen LogP) is 1.74. The number of hydrogen-bond acceptors (Lipinski definition) is 7. The van der Waals surface area contributed by atoms with Gasteiger partial charge < -0.3 is 15.0 Å². The summed E-state index contributed by atoms with van der Waals surface area (Å²) in [7, 11) is 0. The molecule has 2 aromatic heterocycles. The van der Waals surface area contributed by atoms with Crippen LogP contribution in [-0.2, 0) is 16.0 Å². The van der Waals surface area contributed by atoms with Crippen molar-refractivity contribution in [3.05, 3.63) is 17.0 Å². The smallest absolute Gasteiger partial charge is 0.409 e. The van der Waals surface area contributed by atoms with E-state index in [1.54, 1.807) is 16.3 Å². The Bertz CT molecular complexity index is 876. The maximum absolute atomic E-state index is 12.6. The van der Waals surface area contributed by atoms with Crippen molar-refractivity contribution in [3.63, 3.8) is 0 Å². The van der Waals surface area contributed by atoms with E-state index in [0.29, 0.717) is 30.6 Å². The number of nitrogens with zero attached hydrogens (tertiary/aromatic N) is 5. The number of amides is 2. The molecule has 2 aromatic rings. The molecule has 0 bridgehead atoms. The summed E-state index contributed by atoms with van der Waals surface area (Å²) in [5, 5.41) is 8.16. The van der Waals surface area contributed by atoms with Crippen LogP contribution in [0.1, 0.15) is 36.7 Å². The van der Waals surface area contributed by atoms with Crippen LogP contribution in [0, 0.1) is 13.8 Å². The molecule has 0 aromatic carbocycles. The zero-order valence-electron chi connectivity index (χ0n) is 16.7. The van der Waals surface area contributed by atoms with Gasteiger partial charge in [0.1, 0.15) is 0 Å². The SMILES string of the molecule is CCOC(=O)N1CCC(NC(=O)Cc2c(C)nc3nc(SC)nn3c2C)CC1. The summed E-state index contributed by atoms with van der Waals surface area (Å²) in [4.78, 5) is 34.9. The van der Waals surface area contributed by atoms with Crippen LogP contribution < -0.4 is 5.32 Å². The summed E-state index contributed by atoms with van der Waals surface area (Å²) in [6.07, 6.45) is 3.32. The van der Waals surface area contributed by atoms with Gasteiger partial charge >= 0.3 is 6.09 Å². The zero-order valence-corrected chi connectivity index (χ0v) is 17.5. The first-order valence-electron chi connectivity index (χ1n) is 9.40. The van der Waals surface area contributed by atoms with Crippen LogP contribution in [0.5, 0.6) is 0 Å². The molecule has 0 unspecified atom stereocenters. The van der Waals surface area contributed by atoms with Gasteiger partial charge in [-0.15, -0.1) is 5.10 Å². The maximum Gasteiger partial charge on any atom is 0.409 e. The first kappa shape index (κ1) is 20.4. The molecule has 3 rings (SSSR count). The molecule has 2 amide bonds. The highest BCUT2D eigenvalue weighted by Crippen LogP contribution is 2.18. The standard InChI is InChI=1S/C18H26N6O3S/c1-5-27-18(26)23-8-6-13(7-9-23)20-15(25)10-14-11(2)19-16-21-17(28-4)22-24(16)12(14)3/h13H,5-10H2,1-4H3,(H,20,25). The highest BCUT2D eigenvalue weighted by Gasteiger charge is 2.25. The molecule has 1 aliphatic heterocycles. The Labute approximate surface area is 168 Å². The van der Waals surface area contributed by atoms with Crippen molar-refractivity contribution in [1.29, 1.82) is 0 Å². The number of piperidine rings is 1. The van der Waals surface area contributed by atoms with Crippen molar-refractivity contribution in [3.8, 4) is 0 Å². The molecule has 0 aliphatic carbocycles. The van der Waals surface area contributed by atoms with Crippen LogP contribution >= 0.6 is 11.8 Å². The molecular formula is C18H26N6O3S. The Morgan fingerprint density at radius 2 is 1.96 bits per heavy atom. The van der Waals surface area contributed by atoms with Crippen molar-refractivity contribution in [1.82, 2.24) is 29.8 Å². The molecule has 10 heteroatoms. The van der Waals surface area contributed by atoms with Crippen LogP contribution in [0.15, 0.2) is 5.16 Å². The number of ether oxygens (including phenoxy) is 1. The van der Waals surface area contributed by atoms with Crippen molar-refractivity contribution >= 4 is 29.5 Å². The molecule has 28 heavy (non-hydrogen) atoms. The number of thioether (sulfide) groups is 1. The lowest BCUT2D eigenvalue weighted by Crippen LogP contribution is -2.47. The quantitative estimate of drug-likeness (QED) is 0.755. The molecule has 0 spiro atoms. The van der Waals surface area contributed by atoms with Crippen LogP contribution in [0.4, 0.5) is 4.79 Å². The van der Waals surface area contributed by atoms with Crippen molar-refractivity contribution in [2.24, 2.45) is 0 Å². The van der Waals surface area contributed by atoms with E-state index in [-0.39, 0.29) is 24.5 Å². The number of nitrogens with one attached hydrogen (secondary N) is 1. The monoisotopic (exact) mass is 406 g/mol. The normalized spacial score (nSPS) is 15.1. The minimum absolute atomic E-state index is 0.0489. The van der Waals surface area contributed by atoms with E-state index >= 15 is 0 Å². The second-order valence-corrected chi connectivity index (χ2v) is 7.55. The van der Waals surface area contributed by atoms with Gasteiger partial charge in [-0.2, -0.15) is 4.98 Å². The number of fused-ring (bicyclic) bond motifs is 1. The summed E-state index contributed by atoms with van der Waals surface area (Å²) in [5.74, 6) is 0.502. The Kier molecular flexibility index (Phi) is 6.38. The Balaban J connectivity index is 1.62. The highest BCUT2D eigenvalue weighted by atomic mass is 32.2. The van der Waals surface area contributed by atoms with Crippen LogP contribution in [0.3, 0.4) is 0 Å². The second kappa shape index (κ2) is 8.76. The first-order chi connectivity index (χ1) is 13.4. The molecule has 1 aliphatic rings. The largest absolute Gasteiger partial charge is 0.450 e. The topological polar surface area (TPSA) is 102 Å². The lowest BCUT2D eigenvalue weighted by molar-refractivity contribution is -0.121. The summed E-state index contributed by atoms with van der Waals surface area (Å²) in [6.45, 7) is 7.17. The van der Waals surface area contributed by atoms with Gasteiger partial charge in [0.25, 0.3) is 5.78 Å². The van der Waals surface area contributed by atoms with Gasteiger partial charge in [0.05, 0.1) is 13.0 Å². The first-order valence-corrected chi connectivity index (χ1v) is 10.6. The fourth-order valence-electron chi connectivity index (χ4n) is 3.39. The van der Waals surface area contributed by atoms with Gasteiger partial charge in [0, 0.05) is 36.1 Å². The van der Waals surface area contributed by atoms with Crippen molar-refractivity contribution in [2.75, 3.05) is 26.0 Å². The lowest BCUT2D eigenvalue weighted by atomic mass is 10.0. The van der Waals surface area contributed by atoms with E-state index in [1.807, 2.05) is 20.1 Å². The van der Waals surface area contributed by atoms with E-state index in [9.17, 15) is 9.59 Å². The number of carbonyl (C=O) groups excluding carboxylic acids is 2. The van der Waals surface area contributed by atoms with E-state index in [2.05, 4.69) is 20.4 Å². The predicted molar refractivity (Wildman–Crippen MR) is 106 cm³/mol. The summed E-state index contributed by atoms with van der Waals surface area (Å²) < 4.78 is 6.72. The summed E-state index contributed by atoms with van der Waals surface area (Å²) >= 11 is 1.46.